The number of aldehydes is 1. The molecule has 0 saturated carbocycles. The molecular weight excluding hydrogens is 196 g/mol. The van der Waals surface area contributed by atoms with Gasteiger partial charge in [-0.2, -0.15) is 16.4 Å². The van der Waals surface area contributed by atoms with Crippen LogP contribution in [0.25, 0.3) is 11.3 Å². The van der Waals surface area contributed by atoms with Crippen molar-refractivity contribution in [1.29, 1.82) is 0 Å². The van der Waals surface area contributed by atoms with Gasteiger partial charge in [0.25, 0.3) is 0 Å². The number of aromatic nitrogens is 2. The van der Waals surface area contributed by atoms with Crippen molar-refractivity contribution in [3.63, 3.8) is 0 Å². The lowest BCUT2D eigenvalue weighted by atomic mass is 10.1. The lowest BCUT2D eigenvalue weighted by Gasteiger charge is -1.93. The SMILES string of the molecule is Cn1cc(CC=O)c(-c2ccsc2)n1. The molecule has 0 N–H and O–H groups in total. The van der Waals surface area contributed by atoms with E-state index < -0.39 is 0 Å². The molecule has 0 aromatic carbocycles. The number of hydrogen-bond acceptors (Lipinski definition) is 3. The third-order valence-electron chi connectivity index (χ3n) is 2.00. The highest BCUT2D eigenvalue weighted by Gasteiger charge is 2.09. The summed E-state index contributed by atoms with van der Waals surface area (Å²) in [6.07, 6.45) is 3.23. The maximum atomic E-state index is 10.5. The Morgan fingerprint density at radius 2 is 2.50 bits per heavy atom. The first-order chi connectivity index (χ1) is 6.81. The van der Waals surface area contributed by atoms with E-state index in [0.29, 0.717) is 6.42 Å². The predicted octanol–water partition coefficient (Wildman–Crippen LogP) is 1.89. The molecule has 0 atom stereocenters. The zero-order chi connectivity index (χ0) is 9.97. The fraction of sp³-hybridized carbons (Fsp3) is 0.200. The maximum absolute atomic E-state index is 10.5. The number of thiophene rings is 1. The summed E-state index contributed by atoms with van der Waals surface area (Å²) in [5.41, 5.74) is 2.99. The zero-order valence-electron chi connectivity index (χ0n) is 7.80. The molecule has 0 aliphatic rings. The molecule has 14 heavy (non-hydrogen) atoms. The number of aryl methyl sites for hydroxylation is 1. The first-order valence-electron chi connectivity index (χ1n) is 4.30. The van der Waals surface area contributed by atoms with Crippen LogP contribution in [0.4, 0.5) is 0 Å². The molecule has 0 spiro atoms. The van der Waals surface area contributed by atoms with Gasteiger partial charge >= 0.3 is 0 Å². The normalized spacial score (nSPS) is 10.4. The van der Waals surface area contributed by atoms with E-state index in [1.807, 2.05) is 30.1 Å². The molecule has 0 radical (unpaired) electrons. The molecule has 2 rings (SSSR count). The fourth-order valence-corrected chi connectivity index (χ4v) is 2.06. The molecular formula is C10H10N2OS. The Bertz CT molecular complexity index is 431. The summed E-state index contributed by atoms with van der Waals surface area (Å²) < 4.78 is 1.74. The smallest absolute Gasteiger partial charge is 0.124 e. The van der Waals surface area contributed by atoms with Gasteiger partial charge < -0.3 is 4.79 Å². The van der Waals surface area contributed by atoms with Crippen LogP contribution in [0.1, 0.15) is 5.56 Å². The van der Waals surface area contributed by atoms with Crippen molar-refractivity contribution in [2.45, 2.75) is 6.42 Å². The quantitative estimate of drug-likeness (QED) is 0.719. The molecule has 0 aliphatic carbocycles. The van der Waals surface area contributed by atoms with Crippen LogP contribution in [0.15, 0.2) is 23.0 Å². The average molecular weight is 206 g/mol. The van der Waals surface area contributed by atoms with E-state index in [9.17, 15) is 4.79 Å². The van der Waals surface area contributed by atoms with Crippen LogP contribution in [0.2, 0.25) is 0 Å². The Balaban J connectivity index is 2.46. The van der Waals surface area contributed by atoms with E-state index in [4.69, 9.17) is 0 Å². The highest BCUT2D eigenvalue weighted by atomic mass is 32.1. The van der Waals surface area contributed by atoms with Crippen LogP contribution in [-0.2, 0) is 18.3 Å². The Hall–Kier alpha value is -1.42. The van der Waals surface area contributed by atoms with E-state index in [-0.39, 0.29) is 0 Å². The molecule has 0 bridgehead atoms. The maximum Gasteiger partial charge on any atom is 0.124 e. The van der Waals surface area contributed by atoms with Gasteiger partial charge in [-0.3, -0.25) is 4.68 Å². The first kappa shape index (κ1) is 9.15. The molecule has 4 heteroatoms. The minimum absolute atomic E-state index is 0.430. The van der Waals surface area contributed by atoms with Crippen LogP contribution < -0.4 is 0 Å². The number of carbonyl (C=O) groups excluding carboxylic acids is 1. The third kappa shape index (κ3) is 1.61. The van der Waals surface area contributed by atoms with Crippen molar-refractivity contribution in [2.24, 2.45) is 7.05 Å². The molecule has 2 aromatic rings. The Labute approximate surface area is 86.0 Å². The number of rotatable bonds is 3. The summed E-state index contributed by atoms with van der Waals surface area (Å²) in [5.74, 6) is 0. The second kappa shape index (κ2) is 3.75. The molecule has 2 aromatic heterocycles. The van der Waals surface area contributed by atoms with Gasteiger partial charge in [0.05, 0.1) is 5.69 Å². The average Bonchev–Trinajstić information content (AvgIpc) is 2.74. The molecule has 0 saturated heterocycles. The van der Waals surface area contributed by atoms with Gasteiger partial charge in [0, 0.05) is 36.2 Å². The van der Waals surface area contributed by atoms with Crippen molar-refractivity contribution in [2.75, 3.05) is 0 Å². The molecule has 0 fully saturated rings. The highest BCUT2D eigenvalue weighted by molar-refractivity contribution is 7.08. The summed E-state index contributed by atoms with van der Waals surface area (Å²) >= 11 is 1.63. The standard InChI is InChI=1S/C10H10N2OS/c1-12-6-8(2-4-13)10(11-12)9-3-5-14-7-9/h3-7H,2H2,1H3. The summed E-state index contributed by atoms with van der Waals surface area (Å²) in [7, 11) is 1.87. The Morgan fingerprint density at radius 3 is 3.14 bits per heavy atom. The topological polar surface area (TPSA) is 34.9 Å². The number of carbonyl (C=O) groups is 1. The van der Waals surface area contributed by atoms with Crippen molar-refractivity contribution in [3.05, 3.63) is 28.6 Å². The van der Waals surface area contributed by atoms with Crippen molar-refractivity contribution >= 4 is 17.6 Å². The third-order valence-corrected chi connectivity index (χ3v) is 2.69. The molecule has 72 valence electrons. The Kier molecular flexibility index (Phi) is 2.45. The van der Waals surface area contributed by atoms with Crippen LogP contribution in [0, 0.1) is 0 Å². The van der Waals surface area contributed by atoms with E-state index in [1.165, 1.54) is 0 Å². The van der Waals surface area contributed by atoms with Gasteiger partial charge in [0.2, 0.25) is 0 Å². The summed E-state index contributed by atoms with van der Waals surface area (Å²) in [6.45, 7) is 0. The molecule has 0 unspecified atom stereocenters. The van der Waals surface area contributed by atoms with Crippen LogP contribution in [-0.4, -0.2) is 16.1 Å². The van der Waals surface area contributed by atoms with Crippen LogP contribution >= 0.6 is 11.3 Å². The number of nitrogens with zero attached hydrogens (tertiary/aromatic N) is 2. The second-order valence-electron chi connectivity index (χ2n) is 3.06. The van der Waals surface area contributed by atoms with E-state index in [1.54, 1.807) is 16.0 Å². The molecule has 2 heterocycles. The fourth-order valence-electron chi connectivity index (χ4n) is 1.42. The first-order valence-corrected chi connectivity index (χ1v) is 5.24. The largest absolute Gasteiger partial charge is 0.303 e. The van der Waals surface area contributed by atoms with Crippen molar-refractivity contribution in [3.8, 4) is 11.3 Å². The zero-order valence-corrected chi connectivity index (χ0v) is 8.62. The summed E-state index contributed by atoms with van der Waals surface area (Å²) in [4.78, 5) is 10.5. The lowest BCUT2D eigenvalue weighted by molar-refractivity contribution is -0.107. The minimum Gasteiger partial charge on any atom is -0.303 e. The monoisotopic (exact) mass is 206 g/mol. The number of hydrogen-bond donors (Lipinski definition) is 0. The summed E-state index contributed by atoms with van der Waals surface area (Å²) in [6, 6.07) is 2.02. The minimum atomic E-state index is 0.430. The molecule has 3 nitrogen and oxygen atoms in total. The van der Waals surface area contributed by atoms with Gasteiger partial charge in [0.1, 0.15) is 6.29 Å². The van der Waals surface area contributed by atoms with Gasteiger partial charge in [-0.25, -0.2) is 0 Å². The van der Waals surface area contributed by atoms with Gasteiger partial charge in [-0.1, -0.05) is 0 Å². The van der Waals surface area contributed by atoms with Crippen molar-refractivity contribution < 1.29 is 4.79 Å². The highest BCUT2D eigenvalue weighted by Crippen LogP contribution is 2.23. The van der Waals surface area contributed by atoms with E-state index in [2.05, 4.69) is 5.10 Å². The van der Waals surface area contributed by atoms with Crippen LogP contribution in [0.3, 0.4) is 0 Å². The van der Waals surface area contributed by atoms with Crippen LogP contribution in [0.5, 0.6) is 0 Å². The Morgan fingerprint density at radius 1 is 1.64 bits per heavy atom. The van der Waals surface area contributed by atoms with Gasteiger partial charge in [0.15, 0.2) is 0 Å². The molecule has 0 aliphatic heterocycles. The predicted molar refractivity (Wildman–Crippen MR) is 56.3 cm³/mol. The van der Waals surface area contributed by atoms with Gasteiger partial charge in [-0.05, 0) is 11.4 Å². The molecule has 0 amide bonds. The van der Waals surface area contributed by atoms with Gasteiger partial charge in [-0.15, -0.1) is 0 Å². The lowest BCUT2D eigenvalue weighted by Crippen LogP contribution is -1.87. The summed E-state index contributed by atoms with van der Waals surface area (Å²) in [5, 5.41) is 8.38. The van der Waals surface area contributed by atoms with Crippen molar-refractivity contribution in [1.82, 2.24) is 9.78 Å². The second-order valence-corrected chi connectivity index (χ2v) is 3.84. The van der Waals surface area contributed by atoms with E-state index >= 15 is 0 Å². The van der Waals surface area contributed by atoms with E-state index in [0.717, 1.165) is 23.1 Å².